The van der Waals surface area contributed by atoms with Gasteiger partial charge in [-0.15, -0.1) is 0 Å². The van der Waals surface area contributed by atoms with Crippen LogP contribution in [-0.4, -0.2) is 22.2 Å². The van der Waals surface area contributed by atoms with Crippen molar-refractivity contribution in [2.45, 2.75) is 116 Å². The summed E-state index contributed by atoms with van der Waals surface area (Å²) < 4.78 is 0. The Labute approximate surface area is 154 Å². The number of hydrogen-bond acceptors (Lipinski definition) is 2. The molecule has 0 rings (SSSR count). The zero-order valence-electron chi connectivity index (χ0n) is 16.3. The molecule has 1 atom stereocenters. The van der Waals surface area contributed by atoms with Crippen LogP contribution in [0.4, 0.5) is 0 Å². The fraction of sp³-hybridized carbons (Fsp3) is 0.905. The third-order valence-corrected chi connectivity index (χ3v) is 4.95. The molecular formula is C21H40O4. The van der Waals surface area contributed by atoms with Crippen LogP contribution < -0.4 is 0 Å². The van der Waals surface area contributed by atoms with Crippen LogP contribution in [0, 0.1) is 5.92 Å². The highest BCUT2D eigenvalue weighted by Gasteiger charge is 2.14. The Morgan fingerprint density at radius 3 is 1.48 bits per heavy atom. The predicted molar refractivity (Wildman–Crippen MR) is 103 cm³/mol. The maximum absolute atomic E-state index is 10.8. The summed E-state index contributed by atoms with van der Waals surface area (Å²) in [6.45, 7) is 2.25. The Kier molecular flexibility index (Phi) is 17.0. The first kappa shape index (κ1) is 23.9. The van der Waals surface area contributed by atoms with Gasteiger partial charge in [0, 0.05) is 12.8 Å². The van der Waals surface area contributed by atoms with E-state index in [2.05, 4.69) is 6.92 Å². The van der Waals surface area contributed by atoms with Gasteiger partial charge in [0.15, 0.2) is 0 Å². The average Bonchev–Trinajstić information content (AvgIpc) is 2.56. The van der Waals surface area contributed by atoms with E-state index in [4.69, 9.17) is 10.2 Å². The van der Waals surface area contributed by atoms with Gasteiger partial charge in [-0.3, -0.25) is 9.59 Å². The van der Waals surface area contributed by atoms with Crippen LogP contribution in [0.15, 0.2) is 0 Å². The maximum atomic E-state index is 10.8. The van der Waals surface area contributed by atoms with Crippen molar-refractivity contribution in [2.24, 2.45) is 5.92 Å². The lowest BCUT2D eigenvalue weighted by atomic mass is 9.92. The van der Waals surface area contributed by atoms with Crippen LogP contribution in [0.1, 0.15) is 116 Å². The molecule has 0 spiro atoms. The molecule has 0 bridgehead atoms. The van der Waals surface area contributed by atoms with Crippen molar-refractivity contribution in [3.63, 3.8) is 0 Å². The van der Waals surface area contributed by atoms with Gasteiger partial charge < -0.3 is 10.2 Å². The molecule has 25 heavy (non-hydrogen) atoms. The third-order valence-electron chi connectivity index (χ3n) is 4.95. The highest BCUT2D eigenvalue weighted by atomic mass is 16.4. The molecule has 4 heteroatoms. The summed E-state index contributed by atoms with van der Waals surface area (Å²) in [5.41, 5.74) is 0. The van der Waals surface area contributed by atoms with Gasteiger partial charge in [-0.1, -0.05) is 90.4 Å². The van der Waals surface area contributed by atoms with Crippen molar-refractivity contribution in [1.29, 1.82) is 0 Å². The lowest BCUT2D eigenvalue weighted by molar-refractivity contribution is -0.140. The number of hydrogen-bond donors (Lipinski definition) is 2. The Balaban J connectivity index is 3.44. The molecule has 0 aliphatic heterocycles. The fourth-order valence-electron chi connectivity index (χ4n) is 3.37. The van der Waals surface area contributed by atoms with Crippen LogP contribution in [0.5, 0.6) is 0 Å². The minimum absolute atomic E-state index is 0.0151. The van der Waals surface area contributed by atoms with E-state index in [1.807, 2.05) is 0 Å². The quantitative estimate of drug-likeness (QED) is 0.262. The fourth-order valence-corrected chi connectivity index (χ4v) is 3.37. The van der Waals surface area contributed by atoms with Crippen molar-refractivity contribution in [1.82, 2.24) is 0 Å². The second kappa shape index (κ2) is 17.8. The molecular weight excluding hydrogens is 316 g/mol. The Morgan fingerprint density at radius 1 is 0.640 bits per heavy atom. The van der Waals surface area contributed by atoms with Gasteiger partial charge in [-0.05, 0) is 18.8 Å². The average molecular weight is 357 g/mol. The molecule has 0 aromatic heterocycles. The van der Waals surface area contributed by atoms with E-state index >= 15 is 0 Å². The molecule has 0 heterocycles. The molecule has 1 unspecified atom stereocenters. The summed E-state index contributed by atoms with van der Waals surface area (Å²) in [6, 6.07) is 0. The second-order valence-electron chi connectivity index (χ2n) is 7.43. The highest BCUT2D eigenvalue weighted by Crippen LogP contribution is 2.20. The van der Waals surface area contributed by atoms with Crippen LogP contribution >= 0.6 is 0 Å². The lowest BCUT2D eigenvalue weighted by Crippen LogP contribution is -2.10. The number of aliphatic carboxylic acids is 2. The zero-order chi connectivity index (χ0) is 18.8. The monoisotopic (exact) mass is 356 g/mol. The number of unbranched alkanes of at least 4 members (excludes halogenated alkanes) is 12. The standard InChI is InChI=1S/C21H40O4/c1-2-3-4-5-6-7-8-9-10-11-12-13-14-15-19(18-21(24)25)16-17-20(22)23/h19H,2-18H2,1H3,(H,22,23)(H,24,25). The summed E-state index contributed by atoms with van der Waals surface area (Å²) in [5, 5.41) is 17.6. The molecule has 0 radical (unpaired) electrons. The Bertz CT molecular complexity index is 328. The SMILES string of the molecule is CCCCCCCCCCCCCCCC(CCC(=O)O)CC(=O)O. The van der Waals surface area contributed by atoms with E-state index in [1.54, 1.807) is 0 Å². The first-order chi connectivity index (χ1) is 12.1. The Hall–Kier alpha value is -1.06. The van der Waals surface area contributed by atoms with Crippen molar-refractivity contribution < 1.29 is 19.8 Å². The minimum atomic E-state index is -0.833. The van der Waals surface area contributed by atoms with Gasteiger partial charge in [-0.25, -0.2) is 0 Å². The minimum Gasteiger partial charge on any atom is -0.481 e. The topological polar surface area (TPSA) is 74.6 Å². The molecule has 0 saturated carbocycles. The summed E-state index contributed by atoms with van der Waals surface area (Å²) >= 11 is 0. The van der Waals surface area contributed by atoms with Crippen molar-refractivity contribution >= 4 is 11.9 Å². The van der Waals surface area contributed by atoms with Gasteiger partial charge in [0.05, 0.1) is 0 Å². The van der Waals surface area contributed by atoms with E-state index in [-0.39, 0.29) is 18.8 Å². The van der Waals surface area contributed by atoms with Gasteiger partial charge >= 0.3 is 11.9 Å². The van der Waals surface area contributed by atoms with Crippen LogP contribution in [-0.2, 0) is 9.59 Å². The van der Waals surface area contributed by atoms with E-state index in [1.165, 1.54) is 70.6 Å². The van der Waals surface area contributed by atoms with E-state index in [0.29, 0.717) is 6.42 Å². The Morgan fingerprint density at radius 2 is 1.08 bits per heavy atom. The van der Waals surface area contributed by atoms with Crippen molar-refractivity contribution in [2.75, 3.05) is 0 Å². The lowest BCUT2D eigenvalue weighted by Gasteiger charge is -2.13. The third kappa shape index (κ3) is 19.1. The number of rotatable bonds is 19. The first-order valence-electron chi connectivity index (χ1n) is 10.5. The van der Waals surface area contributed by atoms with Crippen LogP contribution in [0.2, 0.25) is 0 Å². The molecule has 0 aliphatic carbocycles. The van der Waals surface area contributed by atoms with Crippen LogP contribution in [0.25, 0.3) is 0 Å². The van der Waals surface area contributed by atoms with Crippen LogP contribution in [0.3, 0.4) is 0 Å². The molecule has 148 valence electrons. The van der Waals surface area contributed by atoms with E-state index in [9.17, 15) is 9.59 Å². The van der Waals surface area contributed by atoms with Gasteiger partial charge in [-0.2, -0.15) is 0 Å². The van der Waals surface area contributed by atoms with Crippen molar-refractivity contribution in [3.8, 4) is 0 Å². The molecule has 0 aromatic carbocycles. The molecule has 0 fully saturated rings. The first-order valence-corrected chi connectivity index (χ1v) is 10.5. The molecule has 0 aromatic rings. The largest absolute Gasteiger partial charge is 0.481 e. The van der Waals surface area contributed by atoms with Gasteiger partial charge in [0.2, 0.25) is 0 Å². The second-order valence-corrected chi connectivity index (χ2v) is 7.43. The summed E-state index contributed by atoms with van der Waals surface area (Å²) in [6.07, 6.45) is 18.4. The summed E-state index contributed by atoms with van der Waals surface area (Å²) in [7, 11) is 0. The summed E-state index contributed by atoms with van der Waals surface area (Å²) in [5.74, 6) is -1.63. The van der Waals surface area contributed by atoms with E-state index in [0.717, 1.165) is 19.3 Å². The van der Waals surface area contributed by atoms with Gasteiger partial charge in [0.25, 0.3) is 0 Å². The zero-order valence-corrected chi connectivity index (χ0v) is 16.3. The smallest absolute Gasteiger partial charge is 0.303 e. The normalized spacial score (nSPS) is 12.2. The molecule has 0 aliphatic rings. The highest BCUT2D eigenvalue weighted by molar-refractivity contribution is 5.68. The molecule has 0 saturated heterocycles. The number of carboxylic acids is 2. The molecule has 2 N–H and O–H groups in total. The predicted octanol–water partition coefficient (Wildman–Crippen LogP) is 6.42. The van der Waals surface area contributed by atoms with Crippen molar-refractivity contribution in [3.05, 3.63) is 0 Å². The summed E-state index contributed by atoms with van der Waals surface area (Å²) in [4.78, 5) is 21.5. The number of carbonyl (C=O) groups is 2. The van der Waals surface area contributed by atoms with E-state index < -0.39 is 11.9 Å². The number of carboxylic acid groups (broad SMARTS) is 2. The molecule has 0 amide bonds. The van der Waals surface area contributed by atoms with Gasteiger partial charge in [0.1, 0.15) is 0 Å². The molecule has 4 nitrogen and oxygen atoms in total. The maximum Gasteiger partial charge on any atom is 0.303 e.